The molecule has 6 rings (SSSR count). The Kier molecular flexibility index (Phi) is 14.1. The van der Waals surface area contributed by atoms with Crippen molar-refractivity contribution in [1.82, 2.24) is 9.80 Å². The van der Waals surface area contributed by atoms with Gasteiger partial charge in [0.2, 0.25) is 0 Å². The molecule has 0 radical (unpaired) electrons. The van der Waals surface area contributed by atoms with Crippen LogP contribution in [0, 0.1) is 22.7 Å². The van der Waals surface area contributed by atoms with Crippen LogP contribution in [0.4, 0.5) is 47.3 Å². The van der Waals surface area contributed by atoms with Crippen molar-refractivity contribution >= 4 is 56.9 Å². The van der Waals surface area contributed by atoms with Crippen LogP contribution in [0.15, 0.2) is 112 Å². The molecule has 0 saturated heterocycles. The Morgan fingerprint density at radius 2 is 1.05 bits per heavy atom. The Balaban J connectivity index is 0.000000245. The summed E-state index contributed by atoms with van der Waals surface area (Å²) in [5, 5.41) is 18.3. The molecule has 65 heavy (non-hydrogen) atoms. The standard InChI is InChI=1S/C24H20F3N3O4.C22H17BrF3N3O2/c1-13-20(14(2)31)21(18-9-8-15(12-28)10-19(18)22(32)34-4)29(3)23(33)30(13)17-7-5-6-16(11-17)24(25,26)27;1-12-19(13(2)30)20(17-8-7-14(11-27)9-18(17)23)28(3)21(31)29(12)16-6-4-5-15(10-16)22(24,25)26/h5-11,21H,1-4H3;4-10,20H,1-3H3. The maximum Gasteiger partial charge on any atom is 0.416 e. The highest BCUT2D eigenvalue weighted by Crippen LogP contribution is 2.44. The Bertz CT molecular complexity index is 2790. The number of amides is 4. The predicted molar refractivity (Wildman–Crippen MR) is 228 cm³/mol. The van der Waals surface area contributed by atoms with Crippen LogP contribution >= 0.6 is 15.9 Å². The molecule has 12 nitrogen and oxygen atoms in total. The molecule has 2 aliphatic rings. The number of ketones is 2. The summed E-state index contributed by atoms with van der Waals surface area (Å²) in [5.74, 6) is -1.54. The van der Waals surface area contributed by atoms with Crippen molar-refractivity contribution < 1.29 is 55.1 Å². The highest BCUT2D eigenvalue weighted by atomic mass is 79.9. The lowest BCUT2D eigenvalue weighted by Gasteiger charge is -2.41. The Morgan fingerprint density at radius 1 is 0.646 bits per heavy atom. The van der Waals surface area contributed by atoms with Crippen molar-refractivity contribution in [2.45, 2.75) is 52.1 Å². The fraction of sp³-hybridized carbons (Fsp3) is 0.239. The van der Waals surface area contributed by atoms with Crippen LogP contribution in [-0.4, -0.2) is 60.6 Å². The van der Waals surface area contributed by atoms with Gasteiger partial charge in [0.05, 0.1) is 70.5 Å². The summed E-state index contributed by atoms with van der Waals surface area (Å²) in [6.07, 6.45) is -9.19. The van der Waals surface area contributed by atoms with Crippen LogP contribution < -0.4 is 9.80 Å². The molecule has 0 aliphatic carbocycles. The van der Waals surface area contributed by atoms with Crippen molar-refractivity contribution in [2.24, 2.45) is 0 Å². The molecule has 0 spiro atoms. The number of esters is 1. The molecule has 0 saturated carbocycles. The molecule has 4 amide bonds. The van der Waals surface area contributed by atoms with E-state index < -0.39 is 59.4 Å². The van der Waals surface area contributed by atoms with Gasteiger partial charge in [-0.15, -0.1) is 0 Å². The number of alkyl halides is 6. The third kappa shape index (κ3) is 9.65. The first kappa shape index (κ1) is 48.8. The summed E-state index contributed by atoms with van der Waals surface area (Å²) in [5.41, 5.74) is 0.253. The fourth-order valence-electron chi connectivity index (χ4n) is 7.69. The number of halogens is 7. The number of ether oxygens (including phenoxy) is 1. The molecule has 4 aromatic rings. The number of rotatable bonds is 7. The van der Waals surface area contributed by atoms with Crippen molar-refractivity contribution in [3.05, 3.63) is 151 Å². The molecule has 2 aliphatic heterocycles. The number of benzene rings is 4. The zero-order chi connectivity index (χ0) is 48.5. The van der Waals surface area contributed by atoms with Gasteiger partial charge in [0.1, 0.15) is 0 Å². The van der Waals surface area contributed by atoms with Gasteiger partial charge in [-0.05, 0) is 99.5 Å². The number of nitriles is 2. The first-order valence-electron chi connectivity index (χ1n) is 19.1. The summed E-state index contributed by atoms with van der Waals surface area (Å²) in [6.45, 7) is 5.60. The van der Waals surface area contributed by atoms with Crippen LogP contribution in [0.5, 0.6) is 0 Å². The minimum Gasteiger partial charge on any atom is -0.465 e. The molecule has 0 N–H and O–H groups in total. The zero-order valence-electron chi connectivity index (χ0n) is 35.5. The fourth-order valence-corrected chi connectivity index (χ4v) is 8.29. The second-order valence-electron chi connectivity index (χ2n) is 14.7. The number of allylic oxidation sites excluding steroid dienone is 2. The molecule has 4 aromatic carbocycles. The molecule has 2 heterocycles. The molecule has 2 unspecified atom stereocenters. The normalized spacial score (nSPS) is 16.7. The molecule has 336 valence electrons. The van der Waals surface area contributed by atoms with E-state index in [9.17, 15) is 55.6 Å². The van der Waals surface area contributed by atoms with E-state index in [2.05, 4.69) is 15.9 Å². The van der Waals surface area contributed by atoms with E-state index in [1.807, 2.05) is 12.1 Å². The van der Waals surface area contributed by atoms with Crippen LogP contribution in [0.25, 0.3) is 0 Å². The third-order valence-corrected chi connectivity index (χ3v) is 11.4. The van der Waals surface area contributed by atoms with Crippen LogP contribution in [0.3, 0.4) is 0 Å². The molecular weight excluding hydrogens is 926 g/mol. The van der Waals surface area contributed by atoms with Crippen LogP contribution in [0.2, 0.25) is 0 Å². The minimum atomic E-state index is -4.62. The lowest BCUT2D eigenvalue weighted by atomic mass is 9.87. The minimum absolute atomic E-state index is 0.00901. The number of anilines is 2. The summed E-state index contributed by atoms with van der Waals surface area (Å²) in [7, 11) is 4.01. The number of Topliss-reactive ketones (excluding diaryl/α,β-unsaturated/α-hetero) is 2. The van der Waals surface area contributed by atoms with E-state index in [1.165, 1.54) is 89.2 Å². The van der Waals surface area contributed by atoms with Gasteiger partial charge in [-0.25, -0.2) is 14.4 Å². The summed E-state index contributed by atoms with van der Waals surface area (Å²) in [4.78, 5) is 69.0. The molecule has 0 fully saturated rings. The van der Waals surface area contributed by atoms with E-state index in [0.717, 1.165) is 46.1 Å². The van der Waals surface area contributed by atoms with Gasteiger partial charge in [0.25, 0.3) is 0 Å². The van der Waals surface area contributed by atoms with Gasteiger partial charge in [-0.1, -0.05) is 40.2 Å². The largest absolute Gasteiger partial charge is 0.465 e. The third-order valence-electron chi connectivity index (χ3n) is 10.7. The van der Waals surface area contributed by atoms with Gasteiger partial charge in [-0.2, -0.15) is 36.9 Å². The van der Waals surface area contributed by atoms with E-state index in [0.29, 0.717) is 15.6 Å². The first-order chi connectivity index (χ1) is 30.4. The number of carbonyl (C=O) groups excluding carboxylic acids is 5. The second kappa shape index (κ2) is 18.8. The highest BCUT2D eigenvalue weighted by Gasteiger charge is 2.43. The van der Waals surface area contributed by atoms with Crippen molar-refractivity contribution in [3.8, 4) is 12.1 Å². The second-order valence-corrected chi connectivity index (χ2v) is 15.6. The summed E-state index contributed by atoms with van der Waals surface area (Å²) in [6, 6.07) is 18.5. The molecule has 0 aromatic heterocycles. The van der Waals surface area contributed by atoms with Gasteiger partial charge in [0, 0.05) is 41.1 Å². The van der Waals surface area contributed by atoms with E-state index in [-0.39, 0.29) is 56.4 Å². The van der Waals surface area contributed by atoms with Gasteiger partial charge in [-0.3, -0.25) is 19.4 Å². The van der Waals surface area contributed by atoms with E-state index >= 15 is 0 Å². The van der Waals surface area contributed by atoms with Gasteiger partial charge >= 0.3 is 30.4 Å². The average Bonchev–Trinajstić information content (AvgIpc) is 3.25. The summed E-state index contributed by atoms with van der Waals surface area (Å²) >= 11 is 3.40. The van der Waals surface area contributed by atoms with E-state index in [1.54, 1.807) is 18.2 Å². The first-order valence-corrected chi connectivity index (χ1v) is 19.9. The maximum absolute atomic E-state index is 13.4. The van der Waals surface area contributed by atoms with Crippen LogP contribution in [-0.2, 0) is 26.7 Å². The number of hydrogen-bond donors (Lipinski definition) is 0. The lowest BCUT2D eigenvalue weighted by Crippen LogP contribution is -2.49. The Labute approximate surface area is 377 Å². The summed E-state index contributed by atoms with van der Waals surface area (Å²) < 4.78 is 84.7. The highest BCUT2D eigenvalue weighted by molar-refractivity contribution is 9.10. The predicted octanol–water partition coefficient (Wildman–Crippen LogP) is 10.7. The zero-order valence-corrected chi connectivity index (χ0v) is 37.1. The number of nitrogens with zero attached hydrogens (tertiary/aromatic N) is 6. The monoisotopic (exact) mass is 962 g/mol. The van der Waals surface area contributed by atoms with E-state index in [4.69, 9.17) is 10.00 Å². The SMILES string of the molecule is CC(=O)C1=C(C)N(c2cccc(C(F)(F)F)c2)C(=O)N(C)C1c1ccc(C#N)cc1Br.COC(=O)c1cc(C#N)ccc1C1C(C(C)=O)=C(C)N(c2cccc(C(F)(F)F)c2)C(=O)N1C. The quantitative estimate of drug-likeness (QED) is 0.131. The molecule has 19 heteroatoms. The smallest absolute Gasteiger partial charge is 0.416 e. The van der Waals surface area contributed by atoms with Crippen molar-refractivity contribution in [2.75, 3.05) is 31.0 Å². The van der Waals surface area contributed by atoms with Crippen molar-refractivity contribution in [1.29, 1.82) is 10.5 Å². The van der Waals surface area contributed by atoms with Crippen LogP contribution in [0.1, 0.15) is 83.5 Å². The van der Waals surface area contributed by atoms with Gasteiger partial charge < -0.3 is 14.5 Å². The molecular formula is C46H37BrF6N6O6. The Hall–Kier alpha value is -7.25. The van der Waals surface area contributed by atoms with Gasteiger partial charge in [0.15, 0.2) is 11.6 Å². The molecule has 2 atom stereocenters. The molecule has 0 bridgehead atoms. The Morgan fingerprint density at radius 3 is 1.42 bits per heavy atom. The number of hydrogen-bond acceptors (Lipinski definition) is 8. The topological polar surface area (TPSA) is 155 Å². The average molecular weight is 964 g/mol. The number of carbonyl (C=O) groups is 5. The lowest BCUT2D eigenvalue weighted by molar-refractivity contribution is -0.138. The van der Waals surface area contributed by atoms with Crippen molar-refractivity contribution in [3.63, 3.8) is 0 Å². The number of methoxy groups -OCH3 is 1. The number of likely N-dealkylation sites (N-methyl/N-ethyl adjacent to an activating group) is 2. The number of urea groups is 2. The maximum atomic E-state index is 13.4.